The topological polar surface area (TPSA) is 9.23 Å². The molecule has 3 heteroatoms. The molecule has 70 valence electrons. The van der Waals surface area contributed by atoms with Crippen LogP contribution < -0.4 is 4.74 Å². The molecule has 1 nitrogen and oxygen atoms in total. The number of aryl methyl sites for hydroxylation is 1. The van der Waals surface area contributed by atoms with E-state index in [0.717, 1.165) is 12.5 Å². The molecule has 1 rings (SSSR count). The summed E-state index contributed by atoms with van der Waals surface area (Å²) >= 11 is 0. The first kappa shape index (κ1) is 9.71. The second kappa shape index (κ2) is 4.03. The average Bonchev–Trinajstić information content (AvgIpc) is 2.08. The normalized spacial score (nSPS) is 12.3. The fourth-order valence-electron chi connectivity index (χ4n) is 0.780. The zero-order valence-electron chi connectivity index (χ0n) is 7.47. The van der Waals surface area contributed by atoms with Gasteiger partial charge in [-0.15, -0.1) is 0 Å². The molecule has 0 bridgehead atoms. The summed E-state index contributed by atoms with van der Waals surface area (Å²) in [6, 6.07) is 5.49. The van der Waals surface area contributed by atoms with Crippen LogP contribution in [0.2, 0.25) is 0 Å². The minimum absolute atomic E-state index is 0.292. The van der Waals surface area contributed by atoms with Crippen molar-refractivity contribution in [2.75, 3.05) is 0 Å². The van der Waals surface area contributed by atoms with E-state index in [1.807, 2.05) is 6.92 Å². The summed E-state index contributed by atoms with van der Waals surface area (Å²) in [7, 11) is 0. The molecule has 1 aromatic rings. The highest BCUT2D eigenvalue weighted by Crippen LogP contribution is 2.17. The van der Waals surface area contributed by atoms with E-state index in [1.165, 1.54) is 0 Å². The van der Waals surface area contributed by atoms with E-state index in [1.54, 1.807) is 24.3 Å². The Morgan fingerprint density at radius 2 is 1.69 bits per heavy atom. The highest BCUT2D eigenvalue weighted by Gasteiger charge is 2.02. The predicted octanol–water partition coefficient (Wildman–Crippen LogP) is 3.50. The number of hydrogen-bond acceptors (Lipinski definition) is 1. The van der Waals surface area contributed by atoms with Crippen LogP contribution in [-0.4, -0.2) is 0 Å². The van der Waals surface area contributed by atoms with Crippen LogP contribution in [0.25, 0.3) is 0 Å². The van der Waals surface area contributed by atoms with E-state index >= 15 is 0 Å². The van der Waals surface area contributed by atoms with E-state index < -0.39 is 11.8 Å². The lowest BCUT2D eigenvalue weighted by Gasteiger charge is -2.02. The molecule has 0 N–H and O–H groups in total. The molecule has 0 amide bonds. The number of hydrogen-bond donors (Lipinski definition) is 0. The van der Waals surface area contributed by atoms with Crippen LogP contribution in [0.5, 0.6) is 5.75 Å². The summed E-state index contributed by atoms with van der Waals surface area (Å²) in [5.41, 5.74) is 1.04. The van der Waals surface area contributed by atoms with Crippen molar-refractivity contribution in [3.05, 3.63) is 41.7 Å². The standard InChI is InChI=1S/C10H10F2O/c1-7-3-5-9(6-4-7)13-10(12)8(2)11/h3-6H,1-2H3/b10-8+. The lowest BCUT2D eigenvalue weighted by atomic mass is 10.2. The van der Waals surface area contributed by atoms with E-state index in [4.69, 9.17) is 0 Å². The summed E-state index contributed by atoms with van der Waals surface area (Å²) in [5.74, 6) is -0.666. The Kier molecular flexibility index (Phi) is 3.01. The molecule has 0 heterocycles. The summed E-state index contributed by atoms with van der Waals surface area (Å²) in [6.07, 6.45) is 0. The Morgan fingerprint density at radius 3 is 2.15 bits per heavy atom. The quantitative estimate of drug-likeness (QED) is 0.639. The van der Waals surface area contributed by atoms with Gasteiger partial charge >= 0.3 is 6.01 Å². The van der Waals surface area contributed by atoms with Gasteiger partial charge < -0.3 is 4.74 Å². The second-order valence-electron chi connectivity index (χ2n) is 2.72. The first-order valence-corrected chi connectivity index (χ1v) is 3.86. The maximum absolute atomic E-state index is 12.6. The van der Waals surface area contributed by atoms with Crippen LogP contribution in [0.1, 0.15) is 12.5 Å². The SMILES string of the molecule is C/C(F)=C(/F)Oc1ccc(C)cc1. The summed E-state index contributed by atoms with van der Waals surface area (Å²) in [5, 5.41) is 0. The second-order valence-corrected chi connectivity index (χ2v) is 2.72. The van der Waals surface area contributed by atoms with Crippen molar-refractivity contribution in [3.63, 3.8) is 0 Å². The zero-order chi connectivity index (χ0) is 9.84. The van der Waals surface area contributed by atoms with Gasteiger partial charge in [0.25, 0.3) is 0 Å². The van der Waals surface area contributed by atoms with E-state index in [-0.39, 0.29) is 0 Å². The van der Waals surface area contributed by atoms with Gasteiger partial charge in [-0.25, -0.2) is 4.39 Å². The van der Waals surface area contributed by atoms with Crippen LogP contribution in [0, 0.1) is 6.92 Å². The van der Waals surface area contributed by atoms with Gasteiger partial charge in [-0.3, -0.25) is 0 Å². The van der Waals surface area contributed by atoms with Crippen LogP contribution in [0.3, 0.4) is 0 Å². The highest BCUT2D eigenvalue weighted by atomic mass is 19.2. The first-order chi connectivity index (χ1) is 6.09. The van der Waals surface area contributed by atoms with Crippen molar-refractivity contribution in [2.24, 2.45) is 0 Å². The molecule has 0 radical (unpaired) electrons. The van der Waals surface area contributed by atoms with Gasteiger partial charge in [0.05, 0.1) is 0 Å². The van der Waals surface area contributed by atoms with Gasteiger partial charge in [0, 0.05) is 0 Å². The predicted molar refractivity (Wildman–Crippen MR) is 46.7 cm³/mol. The van der Waals surface area contributed by atoms with Gasteiger partial charge in [0.1, 0.15) is 5.75 Å². The zero-order valence-corrected chi connectivity index (χ0v) is 7.47. The minimum Gasteiger partial charge on any atom is -0.430 e. The molecule has 0 saturated carbocycles. The molecule has 0 atom stereocenters. The van der Waals surface area contributed by atoms with E-state index in [0.29, 0.717) is 5.75 Å². The molecule has 0 fully saturated rings. The molecule has 0 aliphatic rings. The number of benzene rings is 1. The third-order valence-corrected chi connectivity index (χ3v) is 1.50. The Morgan fingerprint density at radius 1 is 1.15 bits per heavy atom. The van der Waals surface area contributed by atoms with Crippen molar-refractivity contribution in [1.29, 1.82) is 0 Å². The molecule has 0 spiro atoms. The fraction of sp³-hybridized carbons (Fsp3) is 0.200. The third kappa shape index (κ3) is 2.86. The summed E-state index contributed by atoms with van der Waals surface area (Å²) in [6.45, 7) is 2.90. The smallest absolute Gasteiger partial charge is 0.309 e. The Balaban J connectivity index is 2.76. The number of rotatable bonds is 2. The molecular formula is C10H10F2O. The summed E-state index contributed by atoms with van der Waals surface area (Å²) < 4.78 is 29.4. The number of halogens is 2. The van der Waals surface area contributed by atoms with Crippen molar-refractivity contribution < 1.29 is 13.5 Å². The maximum Gasteiger partial charge on any atom is 0.309 e. The number of allylic oxidation sites excluding steroid dienone is 1. The van der Waals surface area contributed by atoms with Crippen molar-refractivity contribution in [3.8, 4) is 5.75 Å². The Hall–Kier alpha value is -1.38. The Labute approximate surface area is 75.6 Å². The van der Waals surface area contributed by atoms with Gasteiger partial charge in [-0.1, -0.05) is 17.7 Å². The summed E-state index contributed by atoms with van der Waals surface area (Å²) in [4.78, 5) is 0. The Bertz CT molecular complexity index is 310. The number of ether oxygens (including phenoxy) is 1. The van der Waals surface area contributed by atoms with Gasteiger partial charge in [0.15, 0.2) is 5.83 Å². The van der Waals surface area contributed by atoms with Crippen LogP contribution in [-0.2, 0) is 0 Å². The molecule has 1 aromatic carbocycles. The van der Waals surface area contributed by atoms with Gasteiger partial charge in [0.2, 0.25) is 0 Å². The monoisotopic (exact) mass is 184 g/mol. The van der Waals surface area contributed by atoms with Crippen molar-refractivity contribution in [1.82, 2.24) is 0 Å². The molecular weight excluding hydrogens is 174 g/mol. The lowest BCUT2D eigenvalue weighted by molar-refractivity contribution is 0.278. The lowest BCUT2D eigenvalue weighted by Crippen LogP contribution is -1.90. The molecule has 13 heavy (non-hydrogen) atoms. The molecule has 0 aliphatic heterocycles. The molecule has 0 saturated heterocycles. The molecule has 0 unspecified atom stereocenters. The first-order valence-electron chi connectivity index (χ1n) is 3.86. The fourth-order valence-corrected chi connectivity index (χ4v) is 0.780. The third-order valence-electron chi connectivity index (χ3n) is 1.50. The van der Waals surface area contributed by atoms with Crippen LogP contribution in [0.4, 0.5) is 8.78 Å². The van der Waals surface area contributed by atoms with Gasteiger partial charge in [-0.2, -0.15) is 4.39 Å². The van der Waals surface area contributed by atoms with E-state index in [9.17, 15) is 8.78 Å². The van der Waals surface area contributed by atoms with E-state index in [2.05, 4.69) is 4.74 Å². The van der Waals surface area contributed by atoms with Crippen molar-refractivity contribution in [2.45, 2.75) is 13.8 Å². The highest BCUT2D eigenvalue weighted by molar-refractivity contribution is 5.27. The molecule has 0 aliphatic carbocycles. The average molecular weight is 184 g/mol. The maximum atomic E-state index is 12.6. The van der Waals surface area contributed by atoms with Crippen molar-refractivity contribution >= 4 is 0 Å². The minimum atomic E-state index is -1.19. The van der Waals surface area contributed by atoms with Crippen LogP contribution in [0.15, 0.2) is 36.1 Å². The molecule has 0 aromatic heterocycles. The largest absolute Gasteiger partial charge is 0.430 e. The van der Waals surface area contributed by atoms with Crippen LogP contribution >= 0.6 is 0 Å². The van der Waals surface area contributed by atoms with Gasteiger partial charge in [-0.05, 0) is 26.0 Å².